The molecule has 2 fully saturated rings. The van der Waals surface area contributed by atoms with Crippen molar-refractivity contribution in [3.05, 3.63) is 58.9 Å². The molecule has 2 aromatic rings. The van der Waals surface area contributed by atoms with Gasteiger partial charge in [-0.1, -0.05) is 133 Å². The van der Waals surface area contributed by atoms with Crippen LogP contribution in [0, 0.1) is 23.6 Å². The van der Waals surface area contributed by atoms with Crippen LogP contribution in [0.1, 0.15) is 134 Å². The van der Waals surface area contributed by atoms with Gasteiger partial charge < -0.3 is 0 Å². The van der Waals surface area contributed by atoms with Crippen LogP contribution < -0.4 is 0 Å². The van der Waals surface area contributed by atoms with Crippen molar-refractivity contribution in [2.45, 2.75) is 128 Å². The third-order valence-corrected chi connectivity index (χ3v) is 9.88. The van der Waals surface area contributed by atoms with Gasteiger partial charge in [0, 0.05) is 10.6 Å². The molecule has 2 aliphatic carbocycles. The van der Waals surface area contributed by atoms with E-state index >= 15 is 0 Å². The van der Waals surface area contributed by atoms with Crippen molar-refractivity contribution in [2.75, 3.05) is 0 Å². The second kappa shape index (κ2) is 15.3. The molecule has 0 amide bonds. The van der Waals surface area contributed by atoms with Crippen molar-refractivity contribution in [1.29, 1.82) is 0 Å². The topological polar surface area (TPSA) is 0 Å². The lowest BCUT2D eigenvalue weighted by atomic mass is 9.74. The molecular weight excluding hydrogens is 475 g/mol. The van der Waals surface area contributed by atoms with Gasteiger partial charge in [-0.05, 0) is 78.7 Å². The van der Waals surface area contributed by atoms with Crippen molar-refractivity contribution in [1.82, 2.24) is 0 Å². The Hall–Kier alpha value is -1.34. The first-order valence-corrected chi connectivity index (χ1v) is 16.1. The van der Waals surface area contributed by atoms with Crippen molar-refractivity contribution >= 4 is 11.6 Å². The summed E-state index contributed by atoms with van der Waals surface area (Å²) in [4.78, 5) is 0. The van der Waals surface area contributed by atoms with Crippen LogP contribution in [0.5, 0.6) is 0 Å². The lowest BCUT2D eigenvalue weighted by Crippen LogP contribution is -2.18. The maximum absolute atomic E-state index is 14.9. The SMILES string of the molecule is CCCCCCCCCC1CCC(CCC2CCC(c3ccc(-c4ccc(Cl)cc4)c(F)c3)CC2)CC1. The summed E-state index contributed by atoms with van der Waals surface area (Å²) in [6, 6.07) is 13.4. The fraction of sp³-hybridized carbons (Fsp3) is 0.657. The molecule has 0 saturated heterocycles. The molecule has 0 bridgehead atoms. The summed E-state index contributed by atoms with van der Waals surface area (Å²) >= 11 is 5.99. The van der Waals surface area contributed by atoms with Gasteiger partial charge in [0.2, 0.25) is 0 Å². The molecule has 37 heavy (non-hydrogen) atoms. The Labute approximate surface area is 231 Å². The van der Waals surface area contributed by atoms with Crippen LogP contribution in [-0.4, -0.2) is 0 Å². The molecule has 2 aromatic carbocycles. The lowest BCUT2D eigenvalue weighted by Gasteiger charge is -2.32. The Morgan fingerprint density at radius 1 is 0.649 bits per heavy atom. The summed E-state index contributed by atoms with van der Waals surface area (Å²) in [6.45, 7) is 2.30. The van der Waals surface area contributed by atoms with Crippen LogP contribution in [0.15, 0.2) is 42.5 Å². The zero-order valence-electron chi connectivity index (χ0n) is 23.3. The largest absolute Gasteiger partial charge is 0.206 e. The summed E-state index contributed by atoms with van der Waals surface area (Å²) in [5.41, 5.74) is 2.75. The van der Waals surface area contributed by atoms with Gasteiger partial charge in [0.15, 0.2) is 0 Å². The molecule has 0 N–H and O–H groups in total. The van der Waals surface area contributed by atoms with Crippen molar-refractivity contribution in [3.8, 4) is 11.1 Å². The highest BCUT2D eigenvalue weighted by molar-refractivity contribution is 6.30. The monoisotopic (exact) mass is 524 g/mol. The second-order valence-corrected chi connectivity index (χ2v) is 12.8. The normalized spacial score (nSPS) is 24.3. The van der Waals surface area contributed by atoms with E-state index < -0.39 is 0 Å². The minimum Gasteiger partial charge on any atom is -0.206 e. The predicted octanol–water partition coefficient (Wildman–Crippen LogP) is 12.1. The highest BCUT2D eigenvalue weighted by Gasteiger charge is 2.26. The standard InChI is InChI=1S/C35H50ClF/c1-2-3-4-5-6-7-8-9-27-10-12-28(13-11-27)14-15-29-16-18-30(19-17-29)32-22-25-34(35(37)26-32)31-20-23-33(36)24-21-31/h20-30H,2-19H2,1H3. The Bertz CT molecular complexity index is 903. The van der Waals surface area contributed by atoms with Gasteiger partial charge in [-0.3, -0.25) is 0 Å². The molecule has 0 atom stereocenters. The summed E-state index contributed by atoms with van der Waals surface area (Å²) in [5, 5.41) is 0.684. The van der Waals surface area contributed by atoms with Crippen molar-refractivity contribution in [2.24, 2.45) is 17.8 Å². The highest BCUT2D eigenvalue weighted by atomic mass is 35.5. The molecule has 2 saturated carbocycles. The van der Waals surface area contributed by atoms with Crippen LogP contribution in [-0.2, 0) is 0 Å². The highest BCUT2D eigenvalue weighted by Crippen LogP contribution is 2.41. The van der Waals surface area contributed by atoms with E-state index in [2.05, 4.69) is 13.0 Å². The lowest BCUT2D eigenvalue weighted by molar-refractivity contribution is 0.222. The summed E-state index contributed by atoms with van der Waals surface area (Å²) in [6.07, 6.45) is 25.4. The number of unbranched alkanes of at least 4 members (excludes halogenated alkanes) is 6. The quantitative estimate of drug-likeness (QED) is 0.228. The molecule has 0 spiro atoms. The molecule has 4 rings (SSSR count). The molecule has 0 unspecified atom stereocenters. The Balaban J connectivity index is 1.11. The Morgan fingerprint density at radius 3 is 1.78 bits per heavy atom. The Morgan fingerprint density at radius 2 is 1.19 bits per heavy atom. The molecule has 0 nitrogen and oxygen atoms in total. The molecule has 2 aliphatic rings. The van der Waals surface area contributed by atoms with E-state index in [-0.39, 0.29) is 5.82 Å². The molecule has 0 aliphatic heterocycles. The van der Waals surface area contributed by atoms with Crippen LogP contribution in [0.3, 0.4) is 0 Å². The molecule has 204 valence electrons. The number of benzene rings is 2. The Kier molecular flexibility index (Phi) is 11.9. The average Bonchev–Trinajstić information content (AvgIpc) is 2.93. The number of rotatable bonds is 13. The summed E-state index contributed by atoms with van der Waals surface area (Å²) < 4.78 is 14.9. The van der Waals surface area contributed by atoms with E-state index in [1.54, 1.807) is 6.07 Å². The van der Waals surface area contributed by atoms with Gasteiger partial charge in [-0.25, -0.2) is 4.39 Å². The van der Waals surface area contributed by atoms with Crippen LogP contribution in [0.4, 0.5) is 4.39 Å². The van der Waals surface area contributed by atoms with E-state index in [0.29, 0.717) is 16.5 Å². The van der Waals surface area contributed by atoms with E-state index in [1.165, 1.54) is 121 Å². The van der Waals surface area contributed by atoms with E-state index in [9.17, 15) is 4.39 Å². The zero-order chi connectivity index (χ0) is 25.9. The minimum atomic E-state index is -0.107. The van der Waals surface area contributed by atoms with Gasteiger partial charge in [0.1, 0.15) is 5.82 Å². The maximum atomic E-state index is 14.9. The van der Waals surface area contributed by atoms with E-state index in [0.717, 1.165) is 23.3 Å². The zero-order valence-corrected chi connectivity index (χ0v) is 24.1. The molecule has 0 heterocycles. The van der Waals surface area contributed by atoms with Crippen molar-refractivity contribution in [3.63, 3.8) is 0 Å². The summed E-state index contributed by atoms with van der Waals surface area (Å²) in [5.74, 6) is 3.31. The summed E-state index contributed by atoms with van der Waals surface area (Å²) in [7, 11) is 0. The minimum absolute atomic E-state index is 0.107. The third kappa shape index (κ3) is 9.12. The number of halogens is 2. The first-order valence-electron chi connectivity index (χ1n) is 15.7. The van der Waals surface area contributed by atoms with Gasteiger partial charge in [-0.15, -0.1) is 0 Å². The van der Waals surface area contributed by atoms with Gasteiger partial charge in [-0.2, -0.15) is 0 Å². The van der Waals surface area contributed by atoms with Gasteiger partial charge >= 0.3 is 0 Å². The van der Waals surface area contributed by atoms with Gasteiger partial charge in [0.25, 0.3) is 0 Å². The molecular formula is C35H50ClF. The fourth-order valence-corrected chi connectivity index (χ4v) is 7.23. The molecule has 2 heteroatoms. The molecule has 0 aromatic heterocycles. The number of hydrogen-bond donors (Lipinski definition) is 0. The second-order valence-electron chi connectivity index (χ2n) is 12.3. The first-order chi connectivity index (χ1) is 18.1. The van der Waals surface area contributed by atoms with Gasteiger partial charge in [0.05, 0.1) is 0 Å². The fourth-order valence-electron chi connectivity index (χ4n) is 7.10. The molecule has 0 radical (unpaired) electrons. The first kappa shape index (κ1) is 28.7. The van der Waals surface area contributed by atoms with Crippen molar-refractivity contribution < 1.29 is 4.39 Å². The van der Waals surface area contributed by atoms with E-state index in [1.807, 2.05) is 30.3 Å². The van der Waals surface area contributed by atoms with E-state index in [4.69, 9.17) is 11.6 Å². The smallest absolute Gasteiger partial charge is 0.131 e. The van der Waals surface area contributed by atoms with Crippen LogP contribution >= 0.6 is 11.6 Å². The maximum Gasteiger partial charge on any atom is 0.131 e. The number of hydrogen-bond acceptors (Lipinski definition) is 0. The van der Waals surface area contributed by atoms with Crippen LogP contribution in [0.2, 0.25) is 5.02 Å². The average molecular weight is 525 g/mol. The predicted molar refractivity (Wildman–Crippen MR) is 159 cm³/mol. The van der Waals surface area contributed by atoms with Crippen LogP contribution in [0.25, 0.3) is 11.1 Å². The third-order valence-electron chi connectivity index (χ3n) is 9.63.